The van der Waals surface area contributed by atoms with Crippen molar-refractivity contribution in [3.8, 4) is 22.1 Å². The summed E-state index contributed by atoms with van der Waals surface area (Å²) in [5, 5.41) is 8.18. The molecule has 7 nitrogen and oxygen atoms in total. The van der Waals surface area contributed by atoms with E-state index in [0.29, 0.717) is 28.6 Å². The normalized spacial score (nSPS) is 10.3. The van der Waals surface area contributed by atoms with Gasteiger partial charge in [0, 0.05) is 29.2 Å². The number of rotatable bonds is 7. The van der Waals surface area contributed by atoms with E-state index in [4.69, 9.17) is 9.47 Å². The van der Waals surface area contributed by atoms with Gasteiger partial charge in [-0.05, 0) is 42.5 Å². The molecule has 2 amide bonds. The summed E-state index contributed by atoms with van der Waals surface area (Å²) in [6, 6.07) is 12.5. The third-order valence-corrected chi connectivity index (χ3v) is 4.95. The molecule has 0 radical (unpaired) electrons. The van der Waals surface area contributed by atoms with Crippen LogP contribution < -0.4 is 20.1 Å². The number of anilines is 2. The van der Waals surface area contributed by atoms with Gasteiger partial charge in [-0.1, -0.05) is 0 Å². The van der Waals surface area contributed by atoms with Crippen LogP contribution in [0.25, 0.3) is 10.6 Å². The Hall–Kier alpha value is -3.39. The Labute approximate surface area is 172 Å². The number of nitrogens with one attached hydrogen (secondary N) is 2. The molecule has 2 N–H and O–H groups in total. The van der Waals surface area contributed by atoms with Gasteiger partial charge in [0.25, 0.3) is 0 Å². The third-order valence-electron chi connectivity index (χ3n) is 4.01. The van der Waals surface area contributed by atoms with Gasteiger partial charge < -0.3 is 20.1 Å². The molecule has 1 aromatic heterocycles. The summed E-state index contributed by atoms with van der Waals surface area (Å²) >= 11 is 1.46. The standard InChI is InChI=1S/C21H21N3O4S/c1-13(25)22-15-5-7-16(8-6-15)23-20(26)11-17-12-29-21(24-17)14-4-9-18(27-2)19(10-14)28-3/h4-10,12H,11H2,1-3H3,(H,22,25)(H,23,26). The largest absolute Gasteiger partial charge is 0.493 e. The van der Waals surface area contributed by atoms with E-state index in [2.05, 4.69) is 15.6 Å². The molecule has 2 aromatic carbocycles. The lowest BCUT2D eigenvalue weighted by atomic mass is 10.2. The van der Waals surface area contributed by atoms with E-state index in [1.54, 1.807) is 38.5 Å². The van der Waals surface area contributed by atoms with Crippen molar-refractivity contribution in [2.75, 3.05) is 24.9 Å². The molecule has 0 aliphatic heterocycles. The van der Waals surface area contributed by atoms with E-state index < -0.39 is 0 Å². The quantitative estimate of drug-likeness (QED) is 0.614. The van der Waals surface area contributed by atoms with Gasteiger partial charge in [0.15, 0.2) is 11.5 Å². The maximum Gasteiger partial charge on any atom is 0.230 e. The zero-order valence-corrected chi connectivity index (χ0v) is 17.1. The molecule has 0 atom stereocenters. The van der Waals surface area contributed by atoms with Crippen molar-refractivity contribution in [1.82, 2.24) is 4.98 Å². The van der Waals surface area contributed by atoms with Gasteiger partial charge in [0.2, 0.25) is 11.8 Å². The lowest BCUT2D eigenvalue weighted by molar-refractivity contribution is -0.116. The van der Waals surface area contributed by atoms with Crippen LogP contribution >= 0.6 is 11.3 Å². The highest BCUT2D eigenvalue weighted by molar-refractivity contribution is 7.13. The van der Waals surface area contributed by atoms with Gasteiger partial charge in [-0.2, -0.15) is 0 Å². The molecule has 0 spiro atoms. The van der Waals surface area contributed by atoms with Crippen LogP contribution in [0.4, 0.5) is 11.4 Å². The van der Waals surface area contributed by atoms with Crippen LogP contribution in [-0.2, 0) is 16.0 Å². The van der Waals surface area contributed by atoms with Crippen molar-refractivity contribution in [2.45, 2.75) is 13.3 Å². The first-order valence-electron chi connectivity index (χ1n) is 8.83. The molecule has 0 saturated heterocycles. The summed E-state index contributed by atoms with van der Waals surface area (Å²) in [6.45, 7) is 1.44. The predicted octanol–water partition coefficient (Wildman–Crippen LogP) is 3.97. The van der Waals surface area contributed by atoms with E-state index in [1.165, 1.54) is 18.3 Å². The summed E-state index contributed by atoms with van der Waals surface area (Å²) in [4.78, 5) is 27.9. The predicted molar refractivity (Wildman–Crippen MR) is 114 cm³/mol. The number of carbonyl (C=O) groups excluding carboxylic acids is 2. The minimum Gasteiger partial charge on any atom is -0.493 e. The summed E-state index contributed by atoms with van der Waals surface area (Å²) in [5.41, 5.74) is 2.91. The van der Waals surface area contributed by atoms with Crippen LogP contribution in [0, 0.1) is 0 Å². The highest BCUT2D eigenvalue weighted by Gasteiger charge is 2.12. The number of amides is 2. The molecule has 0 fully saturated rings. The highest BCUT2D eigenvalue weighted by atomic mass is 32.1. The Kier molecular flexibility index (Phi) is 6.46. The van der Waals surface area contributed by atoms with Crippen molar-refractivity contribution in [1.29, 1.82) is 0 Å². The molecule has 3 rings (SSSR count). The van der Waals surface area contributed by atoms with Crippen LogP contribution in [0.3, 0.4) is 0 Å². The summed E-state index contributed by atoms with van der Waals surface area (Å²) in [7, 11) is 3.17. The fourth-order valence-corrected chi connectivity index (χ4v) is 3.52. The Morgan fingerprint density at radius 2 is 1.62 bits per heavy atom. The molecule has 3 aromatic rings. The number of benzene rings is 2. The van der Waals surface area contributed by atoms with E-state index in [1.807, 2.05) is 23.6 Å². The molecule has 0 aliphatic rings. The number of ether oxygens (including phenoxy) is 2. The van der Waals surface area contributed by atoms with Crippen molar-refractivity contribution >= 4 is 34.5 Å². The Bertz CT molecular complexity index is 1020. The lowest BCUT2D eigenvalue weighted by Gasteiger charge is -2.08. The number of hydrogen-bond donors (Lipinski definition) is 2. The second-order valence-corrected chi connectivity index (χ2v) is 7.06. The molecule has 0 unspecified atom stereocenters. The average Bonchev–Trinajstić information content (AvgIpc) is 3.16. The van der Waals surface area contributed by atoms with E-state index in [-0.39, 0.29) is 18.2 Å². The van der Waals surface area contributed by atoms with Crippen molar-refractivity contribution < 1.29 is 19.1 Å². The molecule has 8 heteroatoms. The monoisotopic (exact) mass is 411 g/mol. The van der Waals surface area contributed by atoms with Crippen LogP contribution in [0.15, 0.2) is 47.8 Å². The minimum absolute atomic E-state index is 0.143. The summed E-state index contributed by atoms with van der Waals surface area (Å²) in [6.07, 6.45) is 0.164. The highest BCUT2D eigenvalue weighted by Crippen LogP contribution is 2.33. The Morgan fingerprint density at radius 3 is 2.24 bits per heavy atom. The van der Waals surface area contributed by atoms with Crippen molar-refractivity contribution in [2.24, 2.45) is 0 Å². The first kappa shape index (κ1) is 20.3. The SMILES string of the molecule is COc1ccc(-c2nc(CC(=O)Nc3ccc(NC(C)=O)cc3)cs2)cc1OC. The van der Waals surface area contributed by atoms with E-state index >= 15 is 0 Å². The molecule has 29 heavy (non-hydrogen) atoms. The third kappa shape index (κ3) is 5.32. The molecular formula is C21H21N3O4S. The van der Waals surface area contributed by atoms with Crippen LogP contribution in [0.5, 0.6) is 11.5 Å². The number of thiazole rings is 1. The van der Waals surface area contributed by atoms with Gasteiger partial charge in [0.1, 0.15) is 5.01 Å². The van der Waals surface area contributed by atoms with Gasteiger partial charge in [-0.15, -0.1) is 11.3 Å². The smallest absolute Gasteiger partial charge is 0.230 e. The fourth-order valence-electron chi connectivity index (χ4n) is 2.70. The summed E-state index contributed by atoms with van der Waals surface area (Å²) < 4.78 is 10.6. The maximum atomic E-state index is 12.3. The first-order valence-corrected chi connectivity index (χ1v) is 9.70. The zero-order valence-electron chi connectivity index (χ0n) is 16.3. The lowest BCUT2D eigenvalue weighted by Crippen LogP contribution is -2.14. The molecule has 0 aliphatic carbocycles. The van der Waals surface area contributed by atoms with Crippen LogP contribution in [0.1, 0.15) is 12.6 Å². The van der Waals surface area contributed by atoms with Gasteiger partial charge in [0.05, 0.1) is 26.3 Å². The second kappa shape index (κ2) is 9.20. The maximum absolute atomic E-state index is 12.3. The average molecular weight is 411 g/mol. The number of hydrogen-bond acceptors (Lipinski definition) is 6. The molecule has 0 bridgehead atoms. The van der Waals surface area contributed by atoms with Crippen molar-refractivity contribution in [3.05, 3.63) is 53.5 Å². The topological polar surface area (TPSA) is 89.5 Å². The minimum atomic E-state index is -0.165. The van der Waals surface area contributed by atoms with E-state index in [9.17, 15) is 9.59 Å². The summed E-state index contributed by atoms with van der Waals surface area (Å²) in [5.74, 6) is 0.969. The number of aromatic nitrogens is 1. The zero-order chi connectivity index (χ0) is 20.8. The Balaban J connectivity index is 1.64. The van der Waals surface area contributed by atoms with Crippen LogP contribution in [0.2, 0.25) is 0 Å². The van der Waals surface area contributed by atoms with Gasteiger partial charge >= 0.3 is 0 Å². The first-order chi connectivity index (χ1) is 14.0. The van der Waals surface area contributed by atoms with Crippen molar-refractivity contribution in [3.63, 3.8) is 0 Å². The molecule has 1 heterocycles. The molecule has 0 saturated carbocycles. The molecule has 150 valence electrons. The van der Waals surface area contributed by atoms with Crippen LogP contribution in [-0.4, -0.2) is 31.0 Å². The molecular weight excluding hydrogens is 390 g/mol. The number of carbonyl (C=O) groups is 2. The number of methoxy groups -OCH3 is 2. The fraction of sp³-hybridized carbons (Fsp3) is 0.190. The van der Waals surface area contributed by atoms with Gasteiger partial charge in [-0.25, -0.2) is 4.98 Å². The number of nitrogens with zero attached hydrogens (tertiary/aromatic N) is 1. The second-order valence-electron chi connectivity index (χ2n) is 6.20. The van der Waals surface area contributed by atoms with E-state index in [0.717, 1.165) is 10.6 Å². The van der Waals surface area contributed by atoms with Gasteiger partial charge in [-0.3, -0.25) is 9.59 Å². The Morgan fingerprint density at radius 1 is 0.966 bits per heavy atom.